The lowest BCUT2D eigenvalue weighted by Crippen LogP contribution is -2.28. The molecule has 2 rings (SSSR count). The Morgan fingerprint density at radius 1 is 1.62 bits per heavy atom. The second kappa shape index (κ2) is 2.56. The van der Waals surface area contributed by atoms with E-state index in [2.05, 4.69) is 20.3 Å². The van der Waals surface area contributed by atoms with Crippen LogP contribution in [0.1, 0.15) is 0 Å². The molecule has 1 aromatic heterocycles. The number of rotatable bonds is 0. The fourth-order valence-corrected chi connectivity index (χ4v) is 1.03. The van der Waals surface area contributed by atoms with Gasteiger partial charge in [-0.3, -0.25) is 9.78 Å². The Morgan fingerprint density at radius 2 is 2.38 bits per heavy atom. The number of nitrogens with one attached hydrogen (secondary N) is 2. The number of anilines is 2. The van der Waals surface area contributed by atoms with Crippen LogP contribution in [-0.4, -0.2) is 27.5 Å². The minimum absolute atomic E-state index is 0.000843. The van der Waals surface area contributed by atoms with Crippen molar-refractivity contribution in [1.82, 2.24) is 9.97 Å². The summed E-state index contributed by atoms with van der Waals surface area (Å²) in [5.74, 6) is 0.186. The normalized spacial score (nSPS) is 19.3. The molecule has 1 aliphatic rings. The Hall–Kier alpha value is -1.89. The molecule has 7 nitrogen and oxygen atoms in total. The van der Waals surface area contributed by atoms with Crippen LogP contribution in [-0.2, 0) is 0 Å². The van der Waals surface area contributed by atoms with E-state index in [1.54, 1.807) is 0 Å². The molecule has 7 heteroatoms. The molecular formula is C6H7N5O2. The standard InChI is InChI=1S/C6H7N5O2/c7-6-10-4-3(5(13)11-6)9-2(12)1-8-4/h1-2,9,12H,(H3,7,10,11,13). The van der Waals surface area contributed by atoms with Crippen LogP contribution in [0.5, 0.6) is 0 Å². The lowest BCUT2D eigenvalue weighted by molar-refractivity contribution is 0.273. The van der Waals surface area contributed by atoms with Gasteiger partial charge in [-0.15, -0.1) is 0 Å². The number of nitrogen functional groups attached to an aromatic ring is 1. The number of aliphatic hydroxyl groups excluding tert-OH is 1. The Balaban J connectivity index is 2.63. The molecule has 0 bridgehead atoms. The second-order valence-electron chi connectivity index (χ2n) is 2.52. The van der Waals surface area contributed by atoms with Crippen LogP contribution in [0.2, 0.25) is 0 Å². The number of H-pyrrole nitrogens is 1. The highest BCUT2D eigenvalue weighted by atomic mass is 16.3. The third kappa shape index (κ3) is 1.25. The topological polar surface area (TPSA) is 116 Å². The van der Waals surface area contributed by atoms with Crippen molar-refractivity contribution in [3.8, 4) is 0 Å². The van der Waals surface area contributed by atoms with Gasteiger partial charge in [-0.1, -0.05) is 0 Å². The van der Waals surface area contributed by atoms with Crippen molar-refractivity contribution >= 4 is 23.7 Å². The predicted octanol–water partition coefficient (Wildman–Crippen LogP) is -1.20. The second-order valence-corrected chi connectivity index (χ2v) is 2.52. The molecule has 0 saturated heterocycles. The van der Waals surface area contributed by atoms with E-state index < -0.39 is 11.8 Å². The highest BCUT2D eigenvalue weighted by Gasteiger charge is 2.16. The summed E-state index contributed by atoms with van der Waals surface area (Å²) < 4.78 is 0. The summed E-state index contributed by atoms with van der Waals surface area (Å²) >= 11 is 0. The van der Waals surface area contributed by atoms with Crippen molar-refractivity contribution in [1.29, 1.82) is 0 Å². The van der Waals surface area contributed by atoms with Crippen molar-refractivity contribution in [3.63, 3.8) is 0 Å². The molecule has 1 atom stereocenters. The van der Waals surface area contributed by atoms with Crippen LogP contribution >= 0.6 is 0 Å². The Morgan fingerprint density at radius 3 is 3.15 bits per heavy atom. The van der Waals surface area contributed by atoms with Crippen molar-refractivity contribution in [2.45, 2.75) is 6.23 Å². The maximum atomic E-state index is 11.2. The summed E-state index contributed by atoms with van der Waals surface area (Å²) in [5, 5.41) is 11.6. The lowest BCUT2D eigenvalue weighted by atomic mass is 10.4. The van der Waals surface area contributed by atoms with Crippen LogP contribution in [0, 0.1) is 0 Å². The first kappa shape index (κ1) is 7.74. The smallest absolute Gasteiger partial charge is 0.278 e. The summed E-state index contributed by atoms with van der Waals surface area (Å²) in [6, 6.07) is 0. The molecule has 0 aliphatic carbocycles. The van der Waals surface area contributed by atoms with E-state index in [4.69, 9.17) is 10.8 Å². The van der Waals surface area contributed by atoms with Crippen LogP contribution in [0.25, 0.3) is 0 Å². The molecule has 2 heterocycles. The zero-order valence-electron chi connectivity index (χ0n) is 6.48. The highest BCUT2D eigenvalue weighted by molar-refractivity contribution is 5.79. The maximum Gasteiger partial charge on any atom is 0.278 e. The Kier molecular flexibility index (Phi) is 1.52. The largest absolute Gasteiger partial charge is 0.369 e. The molecule has 1 aromatic rings. The number of fused-ring (bicyclic) bond motifs is 1. The molecular weight excluding hydrogens is 174 g/mol. The number of aromatic nitrogens is 2. The van der Waals surface area contributed by atoms with E-state index in [-0.39, 0.29) is 17.5 Å². The van der Waals surface area contributed by atoms with Gasteiger partial charge in [0.15, 0.2) is 12.0 Å². The molecule has 13 heavy (non-hydrogen) atoms. The van der Waals surface area contributed by atoms with E-state index in [1.165, 1.54) is 6.21 Å². The molecule has 0 saturated carbocycles. The quantitative estimate of drug-likeness (QED) is 0.401. The number of aliphatic hydroxyl groups is 1. The summed E-state index contributed by atoms with van der Waals surface area (Å²) in [4.78, 5) is 21.0. The monoisotopic (exact) mass is 181 g/mol. The number of aliphatic imine (C=N–C) groups is 1. The van der Waals surface area contributed by atoms with E-state index in [9.17, 15) is 4.79 Å². The summed E-state index contributed by atoms with van der Waals surface area (Å²) in [6.07, 6.45) is 0.271. The highest BCUT2D eigenvalue weighted by Crippen LogP contribution is 2.20. The van der Waals surface area contributed by atoms with Gasteiger partial charge in [-0.05, 0) is 0 Å². The zero-order chi connectivity index (χ0) is 9.42. The summed E-state index contributed by atoms with van der Waals surface area (Å²) in [5.41, 5.74) is 4.97. The molecule has 5 N–H and O–H groups in total. The van der Waals surface area contributed by atoms with Gasteiger partial charge in [0.05, 0.1) is 6.21 Å². The molecule has 0 spiro atoms. The first-order valence-corrected chi connectivity index (χ1v) is 3.55. The molecule has 0 radical (unpaired) electrons. The predicted molar refractivity (Wildman–Crippen MR) is 47.1 cm³/mol. The molecule has 0 aromatic carbocycles. The fourth-order valence-electron chi connectivity index (χ4n) is 1.03. The van der Waals surface area contributed by atoms with Gasteiger partial charge < -0.3 is 16.2 Å². The SMILES string of the molecule is Nc1nc2c(c(=O)[nH]1)NC(O)C=N2. The van der Waals surface area contributed by atoms with Gasteiger partial charge in [0.2, 0.25) is 5.95 Å². The van der Waals surface area contributed by atoms with Crippen molar-refractivity contribution in [2.75, 3.05) is 11.1 Å². The van der Waals surface area contributed by atoms with Crippen molar-refractivity contribution in [2.24, 2.45) is 4.99 Å². The van der Waals surface area contributed by atoms with Crippen LogP contribution in [0.3, 0.4) is 0 Å². The van der Waals surface area contributed by atoms with Gasteiger partial charge in [0.1, 0.15) is 5.69 Å². The first-order valence-electron chi connectivity index (χ1n) is 3.55. The number of nitrogens with two attached hydrogens (primary N) is 1. The van der Waals surface area contributed by atoms with Gasteiger partial charge in [0, 0.05) is 0 Å². The minimum Gasteiger partial charge on any atom is -0.369 e. The number of hydrogen-bond donors (Lipinski definition) is 4. The van der Waals surface area contributed by atoms with E-state index >= 15 is 0 Å². The third-order valence-corrected chi connectivity index (χ3v) is 1.55. The number of hydrogen-bond acceptors (Lipinski definition) is 6. The average Bonchev–Trinajstić information content (AvgIpc) is 2.06. The Labute approximate surface area is 72.3 Å². The minimum atomic E-state index is -0.959. The molecule has 1 aliphatic heterocycles. The Bertz CT molecular complexity index is 424. The third-order valence-electron chi connectivity index (χ3n) is 1.55. The molecule has 1 unspecified atom stereocenters. The van der Waals surface area contributed by atoms with Gasteiger partial charge in [-0.25, -0.2) is 4.99 Å². The molecule has 0 amide bonds. The van der Waals surface area contributed by atoms with Crippen LogP contribution < -0.4 is 16.6 Å². The van der Waals surface area contributed by atoms with Crippen LogP contribution in [0.4, 0.5) is 17.5 Å². The first-order chi connectivity index (χ1) is 6.16. The fraction of sp³-hybridized carbons (Fsp3) is 0.167. The van der Waals surface area contributed by atoms with Crippen LogP contribution in [0.15, 0.2) is 9.79 Å². The van der Waals surface area contributed by atoms with E-state index in [0.29, 0.717) is 0 Å². The van der Waals surface area contributed by atoms with Gasteiger partial charge >= 0.3 is 0 Å². The lowest BCUT2D eigenvalue weighted by Gasteiger charge is -2.14. The van der Waals surface area contributed by atoms with Gasteiger partial charge in [0.25, 0.3) is 5.56 Å². The van der Waals surface area contributed by atoms with Crippen molar-refractivity contribution in [3.05, 3.63) is 10.4 Å². The number of nitrogens with zero attached hydrogens (tertiary/aromatic N) is 2. The summed E-state index contributed by atoms with van der Waals surface area (Å²) in [6.45, 7) is 0. The number of aromatic amines is 1. The maximum absolute atomic E-state index is 11.2. The van der Waals surface area contributed by atoms with Crippen molar-refractivity contribution < 1.29 is 5.11 Å². The average molecular weight is 181 g/mol. The van der Waals surface area contributed by atoms with E-state index in [0.717, 1.165) is 0 Å². The molecule has 0 fully saturated rings. The van der Waals surface area contributed by atoms with Gasteiger partial charge in [-0.2, -0.15) is 4.98 Å². The molecule has 68 valence electrons. The zero-order valence-corrected chi connectivity index (χ0v) is 6.48. The van der Waals surface area contributed by atoms with E-state index in [1.807, 2.05) is 0 Å². The summed E-state index contributed by atoms with van der Waals surface area (Å²) in [7, 11) is 0.